The fourth-order valence-corrected chi connectivity index (χ4v) is 1.77. The molecule has 0 aliphatic heterocycles. The second-order valence-electron chi connectivity index (χ2n) is 3.90. The number of anilines is 1. The van der Waals surface area contributed by atoms with E-state index in [-0.39, 0.29) is 16.5 Å². The first-order valence-corrected chi connectivity index (χ1v) is 5.88. The van der Waals surface area contributed by atoms with Crippen molar-refractivity contribution in [3.05, 3.63) is 58.6 Å². The Morgan fingerprint density at radius 3 is 2.89 bits per heavy atom. The lowest BCUT2D eigenvalue weighted by Gasteiger charge is -2.10. The van der Waals surface area contributed by atoms with Crippen LogP contribution in [0.3, 0.4) is 0 Å². The minimum absolute atomic E-state index is 0.237. The Morgan fingerprint density at radius 1 is 1.42 bits per heavy atom. The molecule has 0 spiro atoms. The van der Waals surface area contributed by atoms with Gasteiger partial charge < -0.3 is 11.1 Å². The van der Waals surface area contributed by atoms with Gasteiger partial charge in [0.2, 0.25) is 0 Å². The van der Waals surface area contributed by atoms with E-state index in [9.17, 15) is 9.18 Å². The second-order valence-corrected chi connectivity index (χ2v) is 4.29. The van der Waals surface area contributed by atoms with Gasteiger partial charge in [-0.2, -0.15) is 0 Å². The van der Waals surface area contributed by atoms with Crippen LogP contribution in [-0.4, -0.2) is 10.9 Å². The molecular weight excluding hydrogens is 269 g/mol. The van der Waals surface area contributed by atoms with E-state index in [1.54, 1.807) is 12.1 Å². The number of pyridine rings is 1. The van der Waals surface area contributed by atoms with E-state index in [0.29, 0.717) is 12.2 Å². The number of primary amides is 1. The Morgan fingerprint density at radius 2 is 2.21 bits per heavy atom. The topological polar surface area (TPSA) is 68.0 Å². The highest BCUT2D eigenvalue weighted by Gasteiger charge is 2.09. The van der Waals surface area contributed by atoms with Gasteiger partial charge in [0, 0.05) is 12.7 Å². The maximum absolute atomic E-state index is 13.0. The van der Waals surface area contributed by atoms with Crippen molar-refractivity contribution < 1.29 is 9.18 Å². The SMILES string of the molecule is NC(=O)c1cnc(Cl)cc1NCc1cccc(F)c1. The molecule has 1 aromatic carbocycles. The van der Waals surface area contributed by atoms with Gasteiger partial charge >= 0.3 is 0 Å². The van der Waals surface area contributed by atoms with Gasteiger partial charge in [-0.3, -0.25) is 4.79 Å². The summed E-state index contributed by atoms with van der Waals surface area (Å²) in [6.45, 7) is 0.346. The van der Waals surface area contributed by atoms with Crippen LogP contribution in [0.25, 0.3) is 0 Å². The predicted molar refractivity (Wildman–Crippen MR) is 71.5 cm³/mol. The van der Waals surface area contributed by atoms with E-state index in [1.807, 2.05) is 0 Å². The van der Waals surface area contributed by atoms with Crippen LogP contribution < -0.4 is 11.1 Å². The Bertz CT molecular complexity index is 619. The zero-order valence-electron chi connectivity index (χ0n) is 9.86. The van der Waals surface area contributed by atoms with Crippen LogP contribution in [0.5, 0.6) is 0 Å². The molecule has 0 unspecified atom stereocenters. The number of aromatic nitrogens is 1. The molecule has 0 aliphatic carbocycles. The molecule has 3 N–H and O–H groups in total. The van der Waals surface area contributed by atoms with Crippen LogP contribution in [0.15, 0.2) is 36.5 Å². The molecule has 0 fully saturated rings. The van der Waals surface area contributed by atoms with Gasteiger partial charge in [0.1, 0.15) is 11.0 Å². The normalized spacial score (nSPS) is 10.2. The first-order chi connectivity index (χ1) is 9.06. The molecule has 2 rings (SSSR count). The summed E-state index contributed by atoms with van der Waals surface area (Å²) in [7, 11) is 0. The first kappa shape index (κ1) is 13.3. The van der Waals surface area contributed by atoms with Crippen LogP contribution in [0.4, 0.5) is 10.1 Å². The largest absolute Gasteiger partial charge is 0.380 e. The highest BCUT2D eigenvalue weighted by atomic mass is 35.5. The molecule has 0 atom stereocenters. The third kappa shape index (κ3) is 3.42. The molecule has 4 nitrogen and oxygen atoms in total. The van der Waals surface area contributed by atoms with Crippen molar-refractivity contribution in [3.63, 3.8) is 0 Å². The van der Waals surface area contributed by atoms with Gasteiger partial charge in [0.05, 0.1) is 11.3 Å². The number of nitrogens with zero attached hydrogens (tertiary/aromatic N) is 1. The molecule has 98 valence electrons. The summed E-state index contributed by atoms with van der Waals surface area (Å²) in [4.78, 5) is 15.0. The van der Waals surface area contributed by atoms with Crippen molar-refractivity contribution in [3.8, 4) is 0 Å². The molecule has 0 saturated heterocycles. The number of amides is 1. The van der Waals surface area contributed by atoms with Gasteiger partial charge in [0.25, 0.3) is 5.91 Å². The van der Waals surface area contributed by atoms with Gasteiger partial charge in [0.15, 0.2) is 0 Å². The average molecular weight is 280 g/mol. The number of hydrogen-bond acceptors (Lipinski definition) is 3. The number of rotatable bonds is 4. The summed E-state index contributed by atoms with van der Waals surface area (Å²) in [5, 5.41) is 3.23. The van der Waals surface area contributed by atoms with E-state index >= 15 is 0 Å². The maximum Gasteiger partial charge on any atom is 0.252 e. The van der Waals surface area contributed by atoms with E-state index in [2.05, 4.69) is 10.3 Å². The highest BCUT2D eigenvalue weighted by Crippen LogP contribution is 2.19. The number of nitrogens with two attached hydrogens (primary N) is 1. The quantitative estimate of drug-likeness (QED) is 0.845. The van der Waals surface area contributed by atoms with Gasteiger partial charge in [-0.15, -0.1) is 0 Å². The molecule has 6 heteroatoms. The van der Waals surface area contributed by atoms with E-state index < -0.39 is 5.91 Å². The van der Waals surface area contributed by atoms with Crippen molar-refractivity contribution in [2.75, 3.05) is 5.32 Å². The zero-order chi connectivity index (χ0) is 13.8. The van der Waals surface area contributed by atoms with Crippen molar-refractivity contribution in [2.24, 2.45) is 5.73 Å². The number of benzene rings is 1. The number of nitrogens with one attached hydrogen (secondary N) is 1. The Hall–Kier alpha value is -2.14. The van der Waals surface area contributed by atoms with Crippen LogP contribution in [0.1, 0.15) is 15.9 Å². The lowest BCUT2D eigenvalue weighted by atomic mass is 10.2. The molecule has 19 heavy (non-hydrogen) atoms. The summed E-state index contributed by atoms with van der Waals surface area (Å²) in [5.41, 5.74) is 6.68. The summed E-state index contributed by atoms with van der Waals surface area (Å²) < 4.78 is 13.0. The monoisotopic (exact) mass is 279 g/mol. The van der Waals surface area contributed by atoms with Crippen molar-refractivity contribution in [2.45, 2.75) is 6.54 Å². The van der Waals surface area contributed by atoms with E-state index in [0.717, 1.165) is 5.56 Å². The Labute approximate surface area is 114 Å². The second kappa shape index (κ2) is 5.67. The average Bonchev–Trinajstić information content (AvgIpc) is 2.36. The fraction of sp³-hybridized carbons (Fsp3) is 0.0769. The molecule has 2 aromatic rings. The smallest absolute Gasteiger partial charge is 0.252 e. The van der Waals surface area contributed by atoms with Crippen LogP contribution in [0.2, 0.25) is 5.15 Å². The van der Waals surface area contributed by atoms with Gasteiger partial charge in [-0.25, -0.2) is 9.37 Å². The van der Waals surface area contributed by atoms with Crippen molar-refractivity contribution in [1.29, 1.82) is 0 Å². The zero-order valence-corrected chi connectivity index (χ0v) is 10.6. The minimum Gasteiger partial charge on any atom is -0.380 e. The van der Waals surface area contributed by atoms with Gasteiger partial charge in [-0.05, 0) is 23.8 Å². The third-order valence-corrected chi connectivity index (χ3v) is 2.71. The standard InChI is InChI=1S/C13H11ClFN3O/c14-12-5-11(10(7-18-12)13(16)19)17-6-8-2-1-3-9(15)4-8/h1-5,7H,6H2,(H2,16,19)(H,17,18). The third-order valence-electron chi connectivity index (χ3n) is 2.51. The van der Waals surface area contributed by atoms with E-state index in [1.165, 1.54) is 24.4 Å². The molecule has 1 aromatic heterocycles. The van der Waals surface area contributed by atoms with Crippen molar-refractivity contribution >= 4 is 23.2 Å². The number of carbonyl (C=O) groups excluding carboxylic acids is 1. The first-order valence-electron chi connectivity index (χ1n) is 5.50. The molecule has 1 heterocycles. The summed E-state index contributed by atoms with van der Waals surface area (Å²) >= 11 is 5.77. The van der Waals surface area contributed by atoms with Gasteiger partial charge in [-0.1, -0.05) is 23.7 Å². The number of carbonyl (C=O) groups is 1. The highest BCUT2D eigenvalue weighted by molar-refractivity contribution is 6.29. The number of halogens is 2. The predicted octanol–water partition coefficient (Wildman–Crippen LogP) is 2.59. The Kier molecular flexibility index (Phi) is 3.97. The summed E-state index contributed by atoms with van der Waals surface area (Å²) in [6, 6.07) is 7.64. The summed E-state index contributed by atoms with van der Waals surface area (Å²) in [5.74, 6) is -0.923. The molecule has 0 bridgehead atoms. The summed E-state index contributed by atoms with van der Waals surface area (Å²) in [6.07, 6.45) is 1.30. The van der Waals surface area contributed by atoms with Crippen molar-refractivity contribution in [1.82, 2.24) is 4.98 Å². The minimum atomic E-state index is -0.606. The van der Waals surface area contributed by atoms with Crippen LogP contribution >= 0.6 is 11.6 Å². The maximum atomic E-state index is 13.0. The lowest BCUT2D eigenvalue weighted by molar-refractivity contribution is 0.100. The fourth-order valence-electron chi connectivity index (χ4n) is 1.62. The van der Waals surface area contributed by atoms with Crippen LogP contribution in [-0.2, 0) is 6.54 Å². The molecule has 1 amide bonds. The van der Waals surface area contributed by atoms with Crippen LogP contribution in [0, 0.1) is 5.82 Å². The Balaban J connectivity index is 2.19. The molecule has 0 aliphatic rings. The molecular formula is C13H11ClFN3O. The molecule has 0 saturated carbocycles. The molecule has 0 radical (unpaired) electrons. The lowest BCUT2D eigenvalue weighted by Crippen LogP contribution is -2.15. The van der Waals surface area contributed by atoms with E-state index in [4.69, 9.17) is 17.3 Å². The number of hydrogen-bond donors (Lipinski definition) is 2.